The van der Waals surface area contributed by atoms with Gasteiger partial charge >= 0.3 is 5.97 Å². The number of ether oxygens (including phenoxy) is 1. The SMILES string of the molecule is CCOC(=O)/C=C(/Nc1ccc(C)cc1N)c1ccc([N+](=O)[O-])cc1. The van der Waals surface area contributed by atoms with Crippen LogP contribution in [0.2, 0.25) is 0 Å². The number of anilines is 2. The molecule has 0 fully saturated rings. The molecular formula is C18H19N3O4. The molecule has 0 amide bonds. The maximum atomic E-state index is 11.9. The molecule has 0 aromatic heterocycles. The van der Waals surface area contributed by atoms with E-state index in [1.54, 1.807) is 31.2 Å². The third-order valence-corrected chi connectivity index (χ3v) is 3.41. The average Bonchev–Trinajstić information content (AvgIpc) is 2.57. The number of nitro benzene ring substituents is 1. The highest BCUT2D eigenvalue weighted by Crippen LogP contribution is 2.26. The van der Waals surface area contributed by atoms with Gasteiger partial charge in [0.2, 0.25) is 0 Å². The fourth-order valence-electron chi connectivity index (χ4n) is 2.20. The first-order chi connectivity index (χ1) is 11.9. The van der Waals surface area contributed by atoms with Crippen LogP contribution >= 0.6 is 0 Å². The number of hydrogen-bond donors (Lipinski definition) is 2. The van der Waals surface area contributed by atoms with Crippen molar-refractivity contribution in [2.45, 2.75) is 13.8 Å². The van der Waals surface area contributed by atoms with Crippen LogP contribution in [-0.2, 0) is 9.53 Å². The van der Waals surface area contributed by atoms with Gasteiger partial charge < -0.3 is 15.8 Å². The van der Waals surface area contributed by atoms with E-state index in [2.05, 4.69) is 5.32 Å². The average molecular weight is 341 g/mol. The number of esters is 1. The molecule has 130 valence electrons. The summed E-state index contributed by atoms with van der Waals surface area (Å²) in [5.41, 5.74) is 9.16. The standard InChI is InChI=1S/C18H19N3O4/c1-3-25-18(22)11-17(13-5-7-14(8-6-13)21(23)24)20-16-9-4-12(2)10-15(16)19/h4-11,20H,3,19H2,1-2H3/b17-11+. The van der Waals surface area contributed by atoms with Gasteiger partial charge in [-0.25, -0.2) is 4.79 Å². The first kappa shape index (κ1) is 18.0. The van der Waals surface area contributed by atoms with Crippen LogP contribution in [0.15, 0.2) is 48.5 Å². The van der Waals surface area contributed by atoms with Crippen LogP contribution in [0, 0.1) is 17.0 Å². The van der Waals surface area contributed by atoms with Gasteiger partial charge in [-0.1, -0.05) is 6.07 Å². The van der Waals surface area contributed by atoms with E-state index in [1.165, 1.54) is 18.2 Å². The van der Waals surface area contributed by atoms with E-state index in [9.17, 15) is 14.9 Å². The van der Waals surface area contributed by atoms with Crippen LogP contribution < -0.4 is 11.1 Å². The van der Waals surface area contributed by atoms with Gasteiger partial charge in [-0.15, -0.1) is 0 Å². The van der Waals surface area contributed by atoms with Crippen molar-refractivity contribution < 1.29 is 14.5 Å². The molecule has 0 atom stereocenters. The number of rotatable bonds is 6. The molecule has 2 rings (SSSR count). The van der Waals surface area contributed by atoms with E-state index in [1.807, 2.05) is 13.0 Å². The van der Waals surface area contributed by atoms with Crippen molar-refractivity contribution in [1.29, 1.82) is 0 Å². The van der Waals surface area contributed by atoms with Gasteiger partial charge in [0.05, 0.1) is 28.6 Å². The number of non-ortho nitro benzene ring substituents is 1. The van der Waals surface area contributed by atoms with Crippen molar-refractivity contribution >= 4 is 28.7 Å². The fourth-order valence-corrected chi connectivity index (χ4v) is 2.20. The predicted octanol–water partition coefficient (Wildman–Crippen LogP) is 3.50. The summed E-state index contributed by atoms with van der Waals surface area (Å²) < 4.78 is 4.95. The lowest BCUT2D eigenvalue weighted by Gasteiger charge is -2.14. The molecule has 0 radical (unpaired) electrons. The molecule has 0 aliphatic heterocycles. The lowest BCUT2D eigenvalue weighted by Crippen LogP contribution is -2.07. The molecular weight excluding hydrogens is 322 g/mol. The Kier molecular flexibility index (Phi) is 5.73. The van der Waals surface area contributed by atoms with Crippen molar-refractivity contribution in [2.75, 3.05) is 17.7 Å². The second-order valence-electron chi connectivity index (χ2n) is 5.33. The maximum absolute atomic E-state index is 11.9. The lowest BCUT2D eigenvalue weighted by atomic mass is 10.1. The zero-order chi connectivity index (χ0) is 18.4. The molecule has 0 saturated heterocycles. The fraction of sp³-hybridized carbons (Fsp3) is 0.167. The predicted molar refractivity (Wildman–Crippen MR) is 96.9 cm³/mol. The molecule has 0 unspecified atom stereocenters. The Morgan fingerprint density at radius 1 is 1.28 bits per heavy atom. The Bertz CT molecular complexity index is 814. The molecule has 0 aliphatic carbocycles. The van der Waals surface area contributed by atoms with E-state index in [0.717, 1.165) is 5.56 Å². The molecule has 0 saturated carbocycles. The van der Waals surface area contributed by atoms with E-state index >= 15 is 0 Å². The Morgan fingerprint density at radius 2 is 1.96 bits per heavy atom. The number of carbonyl (C=O) groups is 1. The summed E-state index contributed by atoms with van der Waals surface area (Å²) in [5, 5.41) is 13.9. The molecule has 3 N–H and O–H groups in total. The number of aryl methyl sites for hydroxylation is 1. The van der Waals surface area contributed by atoms with E-state index in [4.69, 9.17) is 10.5 Å². The quantitative estimate of drug-likeness (QED) is 0.274. The summed E-state index contributed by atoms with van der Waals surface area (Å²) in [4.78, 5) is 22.2. The Balaban J connectivity index is 2.39. The molecule has 2 aromatic carbocycles. The third-order valence-electron chi connectivity index (χ3n) is 3.41. The molecule has 25 heavy (non-hydrogen) atoms. The monoisotopic (exact) mass is 341 g/mol. The summed E-state index contributed by atoms with van der Waals surface area (Å²) in [7, 11) is 0. The van der Waals surface area contributed by atoms with E-state index < -0.39 is 10.9 Å². The number of nitrogen functional groups attached to an aromatic ring is 1. The Morgan fingerprint density at radius 3 is 2.52 bits per heavy atom. The summed E-state index contributed by atoms with van der Waals surface area (Å²) in [5.74, 6) is -0.519. The van der Waals surface area contributed by atoms with Crippen LogP contribution in [0.4, 0.5) is 17.1 Å². The number of nitrogens with one attached hydrogen (secondary N) is 1. The minimum absolute atomic E-state index is 0.0333. The smallest absolute Gasteiger partial charge is 0.332 e. The van der Waals surface area contributed by atoms with Crippen molar-refractivity contribution in [3.63, 3.8) is 0 Å². The summed E-state index contributed by atoms with van der Waals surface area (Å²) in [6, 6.07) is 11.3. The highest BCUT2D eigenvalue weighted by Gasteiger charge is 2.11. The highest BCUT2D eigenvalue weighted by molar-refractivity contribution is 5.95. The van der Waals surface area contributed by atoms with Crippen LogP contribution in [0.3, 0.4) is 0 Å². The molecule has 0 aliphatic rings. The van der Waals surface area contributed by atoms with Crippen LogP contribution in [0.25, 0.3) is 5.70 Å². The zero-order valence-corrected chi connectivity index (χ0v) is 14.0. The van der Waals surface area contributed by atoms with Gasteiger partial charge in [-0.2, -0.15) is 0 Å². The van der Waals surface area contributed by atoms with Crippen molar-refractivity contribution in [3.05, 3.63) is 69.8 Å². The summed E-state index contributed by atoms with van der Waals surface area (Å²) >= 11 is 0. The van der Waals surface area contributed by atoms with Gasteiger partial charge in [0.1, 0.15) is 0 Å². The highest BCUT2D eigenvalue weighted by atomic mass is 16.6. The van der Waals surface area contributed by atoms with E-state index in [-0.39, 0.29) is 12.3 Å². The van der Waals surface area contributed by atoms with Gasteiger partial charge in [0, 0.05) is 18.2 Å². The number of carbonyl (C=O) groups excluding carboxylic acids is 1. The number of hydrogen-bond acceptors (Lipinski definition) is 6. The minimum atomic E-state index is -0.519. The topological polar surface area (TPSA) is 107 Å². The lowest BCUT2D eigenvalue weighted by molar-refractivity contribution is -0.384. The number of benzene rings is 2. The number of nitrogens with two attached hydrogens (primary N) is 1. The molecule has 0 spiro atoms. The van der Waals surface area contributed by atoms with Gasteiger partial charge in [0.15, 0.2) is 0 Å². The Labute approximate surface area is 145 Å². The largest absolute Gasteiger partial charge is 0.463 e. The van der Waals surface area contributed by atoms with Crippen molar-refractivity contribution in [2.24, 2.45) is 0 Å². The second-order valence-corrected chi connectivity index (χ2v) is 5.33. The molecule has 0 bridgehead atoms. The zero-order valence-electron chi connectivity index (χ0n) is 14.0. The van der Waals surface area contributed by atoms with Gasteiger partial charge in [-0.05, 0) is 49.2 Å². The van der Waals surface area contributed by atoms with E-state index in [0.29, 0.717) is 22.6 Å². The van der Waals surface area contributed by atoms with Crippen molar-refractivity contribution in [3.8, 4) is 0 Å². The second kappa shape index (κ2) is 7.96. The molecule has 0 heterocycles. The third kappa shape index (κ3) is 4.81. The Hall–Kier alpha value is -3.35. The first-order valence-corrected chi connectivity index (χ1v) is 7.67. The van der Waals surface area contributed by atoms with Gasteiger partial charge in [0.25, 0.3) is 5.69 Å². The van der Waals surface area contributed by atoms with Gasteiger partial charge in [-0.3, -0.25) is 10.1 Å². The summed E-state index contributed by atoms with van der Waals surface area (Å²) in [6.45, 7) is 3.88. The van der Waals surface area contributed by atoms with Crippen molar-refractivity contribution in [1.82, 2.24) is 0 Å². The normalized spacial score (nSPS) is 11.0. The van der Waals surface area contributed by atoms with Crippen LogP contribution in [-0.4, -0.2) is 17.5 Å². The molecule has 7 nitrogen and oxygen atoms in total. The number of nitro groups is 1. The summed E-state index contributed by atoms with van der Waals surface area (Å²) in [6.07, 6.45) is 1.30. The van der Waals surface area contributed by atoms with Crippen LogP contribution in [0.5, 0.6) is 0 Å². The molecule has 7 heteroatoms. The maximum Gasteiger partial charge on any atom is 0.332 e. The minimum Gasteiger partial charge on any atom is -0.463 e. The molecule has 2 aromatic rings. The van der Waals surface area contributed by atoms with Crippen LogP contribution in [0.1, 0.15) is 18.1 Å². The first-order valence-electron chi connectivity index (χ1n) is 7.67. The number of nitrogens with zero attached hydrogens (tertiary/aromatic N) is 1.